The summed E-state index contributed by atoms with van der Waals surface area (Å²) in [7, 11) is 0. The highest BCUT2D eigenvalue weighted by molar-refractivity contribution is 14.1. The highest BCUT2D eigenvalue weighted by atomic mass is 127. The zero-order chi connectivity index (χ0) is 6.85. The third-order valence-electron chi connectivity index (χ3n) is 0.829. The molecule has 0 bridgehead atoms. The van der Waals surface area contributed by atoms with E-state index in [0.717, 1.165) is 0 Å². The Morgan fingerprint density at radius 1 is 1.89 bits per heavy atom. The summed E-state index contributed by atoms with van der Waals surface area (Å²) in [6.45, 7) is 1.75. The molecule has 1 heterocycles. The van der Waals surface area contributed by atoms with E-state index in [9.17, 15) is 4.79 Å². The Bertz CT molecular complexity index is 231. The summed E-state index contributed by atoms with van der Waals surface area (Å²) in [6.07, 6.45) is 0. The van der Waals surface area contributed by atoms with Gasteiger partial charge < -0.3 is 4.52 Å². The van der Waals surface area contributed by atoms with Gasteiger partial charge in [0.2, 0.25) is 3.79 Å². The lowest BCUT2D eigenvalue weighted by Crippen LogP contribution is -1.84. The standard InChI is InChI=1S/C5H4INO2/c1-3-2-4(5(6)8)7-9-3/h2H,1H3. The first-order valence-corrected chi connectivity index (χ1v) is 3.41. The lowest BCUT2D eigenvalue weighted by molar-refractivity contribution is 0.109. The molecule has 1 aromatic heterocycles. The average molecular weight is 237 g/mol. The van der Waals surface area contributed by atoms with Crippen molar-refractivity contribution in [2.45, 2.75) is 6.92 Å². The van der Waals surface area contributed by atoms with E-state index in [1.54, 1.807) is 35.6 Å². The topological polar surface area (TPSA) is 43.1 Å². The van der Waals surface area contributed by atoms with Crippen molar-refractivity contribution < 1.29 is 9.32 Å². The molecule has 0 aliphatic carbocycles. The molecule has 0 atom stereocenters. The van der Waals surface area contributed by atoms with Crippen LogP contribution >= 0.6 is 22.6 Å². The van der Waals surface area contributed by atoms with Gasteiger partial charge >= 0.3 is 0 Å². The number of aryl methyl sites for hydroxylation is 1. The number of nitrogens with zero attached hydrogens (tertiary/aromatic N) is 1. The lowest BCUT2D eigenvalue weighted by Gasteiger charge is -1.74. The molecule has 0 aromatic carbocycles. The summed E-state index contributed by atoms with van der Waals surface area (Å²) < 4.78 is 4.56. The SMILES string of the molecule is Cc1cc(C(=O)I)no1. The summed E-state index contributed by atoms with van der Waals surface area (Å²) in [6, 6.07) is 1.61. The predicted molar refractivity (Wildman–Crippen MR) is 39.6 cm³/mol. The molecule has 0 radical (unpaired) electrons. The summed E-state index contributed by atoms with van der Waals surface area (Å²) in [5.41, 5.74) is 0.383. The van der Waals surface area contributed by atoms with Crippen molar-refractivity contribution in [1.29, 1.82) is 0 Å². The summed E-state index contributed by atoms with van der Waals surface area (Å²) in [4.78, 5) is 10.5. The molecule has 0 saturated heterocycles. The first kappa shape index (κ1) is 6.73. The van der Waals surface area contributed by atoms with Crippen molar-refractivity contribution in [1.82, 2.24) is 5.16 Å². The molecule has 0 saturated carbocycles. The maximum absolute atomic E-state index is 10.5. The molecule has 0 unspecified atom stereocenters. The highest BCUT2D eigenvalue weighted by Gasteiger charge is 2.04. The number of hydrogen-bond donors (Lipinski definition) is 0. The molecule has 1 aromatic rings. The molecule has 1 rings (SSSR count). The highest BCUT2D eigenvalue weighted by Crippen LogP contribution is 2.05. The van der Waals surface area contributed by atoms with Crippen molar-refractivity contribution in [2.75, 3.05) is 0 Å². The number of hydrogen-bond acceptors (Lipinski definition) is 3. The lowest BCUT2D eigenvalue weighted by atomic mass is 10.4. The van der Waals surface area contributed by atoms with Crippen LogP contribution in [0.4, 0.5) is 0 Å². The van der Waals surface area contributed by atoms with E-state index in [1.165, 1.54) is 0 Å². The largest absolute Gasteiger partial charge is 0.361 e. The fraction of sp³-hybridized carbons (Fsp3) is 0.200. The maximum Gasteiger partial charge on any atom is 0.244 e. The van der Waals surface area contributed by atoms with Crippen LogP contribution in [0.25, 0.3) is 0 Å². The van der Waals surface area contributed by atoms with E-state index in [0.29, 0.717) is 11.5 Å². The van der Waals surface area contributed by atoms with E-state index in [4.69, 9.17) is 0 Å². The van der Waals surface area contributed by atoms with Gasteiger partial charge in [0, 0.05) is 28.7 Å². The number of carbonyl (C=O) groups is 1. The molecular weight excluding hydrogens is 233 g/mol. The molecule has 48 valence electrons. The van der Waals surface area contributed by atoms with Gasteiger partial charge in [-0.15, -0.1) is 0 Å². The minimum atomic E-state index is -0.0931. The van der Waals surface area contributed by atoms with Crippen LogP contribution in [0.15, 0.2) is 10.6 Å². The quantitative estimate of drug-likeness (QED) is 0.549. The van der Waals surface area contributed by atoms with E-state index in [2.05, 4.69) is 9.68 Å². The zero-order valence-electron chi connectivity index (χ0n) is 4.72. The summed E-state index contributed by atoms with van der Waals surface area (Å²) in [5, 5.41) is 3.48. The Kier molecular flexibility index (Phi) is 1.84. The van der Waals surface area contributed by atoms with Gasteiger partial charge in [-0.3, -0.25) is 4.79 Å². The first-order valence-electron chi connectivity index (χ1n) is 2.33. The van der Waals surface area contributed by atoms with Gasteiger partial charge in [0.1, 0.15) is 5.76 Å². The summed E-state index contributed by atoms with van der Waals surface area (Å²) in [5.74, 6) is 0.662. The number of rotatable bonds is 1. The fourth-order valence-electron chi connectivity index (χ4n) is 0.459. The smallest absolute Gasteiger partial charge is 0.244 e. The second kappa shape index (κ2) is 2.47. The monoisotopic (exact) mass is 237 g/mol. The van der Waals surface area contributed by atoms with E-state index in [-0.39, 0.29) is 3.79 Å². The molecule has 0 aliphatic heterocycles. The van der Waals surface area contributed by atoms with Crippen LogP contribution in [-0.4, -0.2) is 8.95 Å². The van der Waals surface area contributed by atoms with Crippen molar-refractivity contribution in [3.05, 3.63) is 17.5 Å². The van der Waals surface area contributed by atoms with Gasteiger partial charge in [-0.25, -0.2) is 0 Å². The second-order valence-corrected chi connectivity index (χ2v) is 2.58. The third-order valence-corrected chi connectivity index (χ3v) is 1.38. The normalized spacial score (nSPS) is 9.56. The maximum atomic E-state index is 10.5. The molecule has 4 heteroatoms. The number of carbonyl (C=O) groups excluding carboxylic acids is 1. The van der Waals surface area contributed by atoms with Crippen LogP contribution in [0, 0.1) is 6.92 Å². The molecule has 0 fully saturated rings. The molecule has 0 spiro atoms. The third kappa shape index (κ3) is 1.51. The Balaban J connectivity index is 2.98. The van der Waals surface area contributed by atoms with E-state index < -0.39 is 0 Å². The molecule has 0 aliphatic rings. The van der Waals surface area contributed by atoms with Gasteiger partial charge in [-0.05, 0) is 6.92 Å². The van der Waals surface area contributed by atoms with Crippen molar-refractivity contribution in [3.63, 3.8) is 0 Å². The van der Waals surface area contributed by atoms with Crippen LogP contribution < -0.4 is 0 Å². The summed E-state index contributed by atoms with van der Waals surface area (Å²) >= 11 is 1.66. The van der Waals surface area contributed by atoms with E-state index in [1.807, 2.05) is 0 Å². The number of aromatic nitrogens is 1. The Morgan fingerprint density at radius 2 is 2.56 bits per heavy atom. The Labute approximate surface area is 65.5 Å². The molecular formula is C5H4INO2. The fourth-order valence-corrected chi connectivity index (χ4v) is 0.713. The predicted octanol–water partition coefficient (Wildman–Crippen LogP) is 1.56. The van der Waals surface area contributed by atoms with Gasteiger partial charge in [-0.1, -0.05) is 5.16 Å². The van der Waals surface area contributed by atoms with Crippen molar-refractivity contribution >= 4 is 26.4 Å². The first-order chi connectivity index (χ1) is 4.20. The van der Waals surface area contributed by atoms with Gasteiger partial charge in [-0.2, -0.15) is 0 Å². The van der Waals surface area contributed by atoms with Gasteiger partial charge in [0.15, 0.2) is 5.69 Å². The van der Waals surface area contributed by atoms with E-state index >= 15 is 0 Å². The van der Waals surface area contributed by atoms with Crippen LogP contribution in [0.1, 0.15) is 16.2 Å². The number of halogens is 1. The molecule has 0 amide bonds. The van der Waals surface area contributed by atoms with Gasteiger partial charge in [0.05, 0.1) is 0 Å². The Morgan fingerprint density at radius 3 is 2.78 bits per heavy atom. The van der Waals surface area contributed by atoms with Crippen LogP contribution in [0.2, 0.25) is 0 Å². The van der Waals surface area contributed by atoms with Crippen LogP contribution in [-0.2, 0) is 0 Å². The van der Waals surface area contributed by atoms with Crippen LogP contribution in [0.5, 0.6) is 0 Å². The van der Waals surface area contributed by atoms with Gasteiger partial charge in [0.25, 0.3) is 0 Å². The zero-order valence-corrected chi connectivity index (χ0v) is 6.88. The molecule has 9 heavy (non-hydrogen) atoms. The molecule has 3 nitrogen and oxygen atoms in total. The Hall–Kier alpha value is -0.390. The minimum absolute atomic E-state index is 0.0931. The minimum Gasteiger partial charge on any atom is -0.361 e. The second-order valence-electron chi connectivity index (χ2n) is 1.60. The molecule has 0 N–H and O–H groups in total. The van der Waals surface area contributed by atoms with Crippen molar-refractivity contribution in [3.8, 4) is 0 Å². The average Bonchev–Trinajstić information content (AvgIpc) is 2.14. The van der Waals surface area contributed by atoms with Crippen LogP contribution in [0.3, 0.4) is 0 Å². The van der Waals surface area contributed by atoms with Crippen molar-refractivity contribution in [2.24, 2.45) is 0 Å².